The summed E-state index contributed by atoms with van der Waals surface area (Å²) in [5.41, 5.74) is 2.09. The monoisotopic (exact) mass is 384 g/mol. The zero-order valence-corrected chi connectivity index (χ0v) is 13.9. The molecule has 0 saturated heterocycles. The quantitative estimate of drug-likeness (QED) is 0.724. The van der Waals surface area contributed by atoms with Gasteiger partial charge in [0, 0.05) is 11.6 Å². The average molecular weight is 384 g/mol. The van der Waals surface area contributed by atoms with E-state index in [1.165, 1.54) is 0 Å². The maximum atomic E-state index is 5.95. The molecular formula is C16H17IO3. The van der Waals surface area contributed by atoms with Crippen molar-refractivity contribution in [3.8, 4) is 17.2 Å². The van der Waals surface area contributed by atoms with Gasteiger partial charge >= 0.3 is 0 Å². The molecule has 0 amide bonds. The first-order valence-electron chi connectivity index (χ1n) is 6.25. The van der Waals surface area contributed by atoms with Crippen molar-refractivity contribution >= 4 is 22.6 Å². The molecule has 0 unspecified atom stereocenters. The normalized spacial score (nSPS) is 10.2. The Kier molecular flexibility index (Phi) is 5.11. The summed E-state index contributed by atoms with van der Waals surface area (Å²) in [7, 11) is 3.27. The highest BCUT2D eigenvalue weighted by molar-refractivity contribution is 14.1. The Morgan fingerprint density at radius 2 is 1.70 bits per heavy atom. The Hall–Kier alpha value is -1.43. The van der Waals surface area contributed by atoms with E-state index in [2.05, 4.69) is 22.6 Å². The van der Waals surface area contributed by atoms with Crippen molar-refractivity contribution < 1.29 is 14.2 Å². The number of rotatable bonds is 5. The van der Waals surface area contributed by atoms with Crippen LogP contribution >= 0.6 is 22.6 Å². The Labute approximate surface area is 133 Å². The van der Waals surface area contributed by atoms with Crippen molar-refractivity contribution in [3.05, 3.63) is 51.1 Å². The Bertz CT molecular complexity index is 582. The van der Waals surface area contributed by atoms with Crippen LogP contribution in [0.1, 0.15) is 11.1 Å². The fourth-order valence-electron chi connectivity index (χ4n) is 2.03. The molecule has 4 heteroatoms. The number of benzene rings is 2. The van der Waals surface area contributed by atoms with Gasteiger partial charge < -0.3 is 14.2 Å². The van der Waals surface area contributed by atoms with E-state index in [1.54, 1.807) is 14.2 Å². The maximum Gasteiger partial charge on any atom is 0.167 e. The van der Waals surface area contributed by atoms with Gasteiger partial charge in [0.15, 0.2) is 11.5 Å². The fraction of sp³-hybridized carbons (Fsp3) is 0.250. The van der Waals surface area contributed by atoms with Gasteiger partial charge in [-0.15, -0.1) is 0 Å². The van der Waals surface area contributed by atoms with E-state index < -0.39 is 0 Å². The number of hydrogen-bond donors (Lipinski definition) is 0. The number of ether oxygens (including phenoxy) is 3. The molecule has 0 aromatic heterocycles. The number of hydrogen-bond acceptors (Lipinski definition) is 3. The maximum absolute atomic E-state index is 5.95. The highest BCUT2D eigenvalue weighted by Crippen LogP contribution is 2.40. The minimum Gasteiger partial charge on any atom is -0.493 e. The third-order valence-electron chi connectivity index (χ3n) is 3.03. The summed E-state index contributed by atoms with van der Waals surface area (Å²) in [6.45, 7) is 2.51. The van der Waals surface area contributed by atoms with Crippen LogP contribution in [0.5, 0.6) is 17.2 Å². The Morgan fingerprint density at radius 3 is 2.30 bits per heavy atom. The zero-order valence-electron chi connectivity index (χ0n) is 11.8. The van der Waals surface area contributed by atoms with Gasteiger partial charge in [-0.1, -0.05) is 30.3 Å². The van der Waals surface area contributed by atoms with Crippen molar-refractivity contribution in [2.24, 2.45) is 0 Å². The first-order valence-corrected chi connectivity index (χ1v) is 7.33. The van der Waals surface area contributed by atoms with Gasteiger partial charge in [0.1, 0.15) is 12.4 Å². The van der Waals surface area contributed by atoms with E-state index in [9.17, 15) is 0 Å². The third-order valence-corrected chi connectivity index (χ3v) is 3.83. The summed E-state index contributed by atoms with van der Waals surface area (Å²) in [6.07, 6.45) is 0. The number of methoxy groups -OCH3 is 2. The first-order chi connectivity index (χ1) is 9.67. The largest absolute Gasteiger partial charge is 0.493 e. The lowest BCUT2D eigenvalue weighted by Gasteiger charge is -2.17. The molecule has 2 rings (SSSR count). The first kappa shape index (κ1) is 15.0. The number of halogens is 1. The van der Waals surface area contributed by atoms with E-state index in [1.807, 2.05) is 43.3 Å². The van der Waals surface area contributed by atoms with E-state index in [0.717, 1.165) is 31.9 Å². The molecule has 0 radical (unpaired) electrons. The van der Waals surface area contributed by atoms with Crippen molar-refractivity contribution in [2.45, 2.75) is 13.5 Å². The summed E-state index contributed by atoms with van der Waals surface area (Å²) in [4.78, 5) is 0. The minimum absolute atomic E-state index is 0.535. The highest BCUT2D eigenvalue weighted by atomic mass is 127. The molecule has 2 aromatic carbocycles. The second-order valence-electron chi connectivity index (χ2n) is 4.32. The topological polar surface area (TPSA) is 27.7 Å². The van der Waals surface area contributed by atoms with Gasteiger partial charge in [0.05, 0.1) is 17.8 Å². The highest BCUT2D eigenvalue weighted by Gasteiger charge is 2.16. The van der Waals surface area contributed by atoms with Crippen molar-refractivity contribution in [1.82, 2.24) is 0 Å². The molecule has 106 valence electrons. The van der Waals surface area contributed by atoms with Gasteiger partial charge in [0.2, 0.25) is 0 Å². The van der Waals surface area contributed by atoms with E-state index in [4.69, 9.17) is 14.2 Å². The third kappa shape index (κ3) is 3.17. The molecule has 2 aromatic rings. The summed E-state index contributed by atoms with van der Waals surface area (Å²) in [5.74, 6) is 2.28. The molecule has 20 heavy (non-hydrogen) atoms. The molecule has 0 aliphatic rings. The zero-order chi connectivity index (χ0) is 14.5. The van der Waals surface area contributed by atoms with E-state index in [0.29, 0.717) is 6.61 Å². The van der Waals surface area contributed by atoms with Crippen molar-refractivity contribution in [2.75, 3.05) is 14.2 Å². The van der Waals surface area contributed by atoms with Gasteiger partial charge in [-0.05, 0) is 35.1 Å². The van der Waals surface area contributed by atoms with E-state index >= 15 is 0 Å². The van der Waals surface area contributed by atoms with Crippen LogP contribution in [0.15, 0.2) is 36.4 Å². The molecule has 0 fully saturated rings. The lowest BCUT2D eigenvalue weighted by atomic mass is 10.2. The lowest BCUT2D eigenvalue weighted by Crippen LogP contribution is -2.02. The smallest absolute Gasteiger partial charge is 0.167 e. The van der Waals surface area contributed by atoms with Gasteiger partial charge in [-0.3, -0.25) is 0 Å². The summed E-state index contributed by atoms with van der Waals surface area (Å²) >= 11 is 2.25. The Morgan fingerprint density at radius 1 is 1.00 bits per heavy atom. The van der Waals surface area contributed by atoms with Crippen LogP contribution in [0.25, 0.3) is 0 Å². The molecule has 0 heterocycles. The SMILES string of the molecule is COc1cc(I)c(OCc2ccccc2)c(C)c1OC. The second kappa shape index (κ2) is 6.83. The van der Waals surface area contributed by atoms with Crippen LogP contribution in [-0.4, -0.2) is 14.2 Å². The van der Waals surface area contributed by atoms with Crippen LogP contribution < -0.4 is 14.2 Å². The van der Waals surface area contributed by atoms with Gasteiger partial charge in [-0.25, -0.2) is 0 Å². The molecule has 0 spiro atoms. The van der Waals surface area contributed by atoms with Crippen molar-refractivity contribution in [1.29, 1.82) is 0 Å². The molecular weight excluding hydrogens is 367 g/mol. The summed E-state index contributed by atoms with van der Waals surface area (Å²) in [5, 5.41) is 0. The average Bonchev–Trinajstić information content (AvgIpc) is 2.47. The van der Waals surface area contributed by atoms with Crippen LogP contribution in [0, 0.1) is 10.5 Å². The van der Waals surface area contributed by atoms with Gasteiger partial charge in [-0.2, -0.15) is 0 Å². The molecule has 0 saturated carbocycles. The van der Waals surface area contributed by atoms with Crippen LogP contribution in [-0.2, 0) is 6.61 Å². The summed E-state index contributed by atoms with van der Waals surface area (Å²) < 4.78 is 17.7. The molecule has 0 N–H and O–H groups in total. The van der Waals surface area contributed by atoms with Crippen LogP contribution in [0.4, 0.5) is 0 Å². The molecule has 0 atom stereocenters. The molecule has 0 bridgehead atoms. The predicted octanol–water partition coefficient (Wildman–Crippen LogP) is 4.20. The van der Waals surface area contributed by atoms with Crippen molar-refractivity contribution in [3.63, 3.8) is 0 Å². The molecule has 0 aliphatic carbocycles. The molecule has 3 nitrogen and oxygen atoms in total. The van der Waals surface area contributed by atoms with E-state index in [-0.39, 0.29) is 0 Å². The summed E-state index contributed by atoms with van der Waals surface area (Å²) in [6, 6.07) is 12.0. The fourth-order valence-corrected chi connectivity index (χ4v) is 2.87. The predicted molar refractivity (Wildman–Crippen MR) is 87.8 cm³/mol. The van der Waals surface area contributed by atoms with Gasteiger partial charge in [0.25, 0.3) is 0 Å². The second-order valence-corrected chi connectivity index (χ2v) is 5.48. The lowest BCUT2D eigenvalue weighted by molar-refractivity contribution is 0.295. The minimum atomic E-state index is 0.535. The Balaban J connectivity index is 2.28. The standard InChI is InChI=1S/C16H17IO3/c1-11-15(20-10-12-7-5-4-6-8-12)13(17)9-14(18-2)16(11)19-3/h4-9H,10H2,1-3H3. The molecule has 0 aliphatic heterocycles. The van der Waals surface area contributed by atoms with Crippen LogP contribution in [0.3, 0.4) is 0 Å². The van der Waals surface area contributed by atoms with Crippen LogP contribution in [0.2, 0.25) is 0 Å².